The quantitative estimate of drug-likeness (QED) is 0.859. The number of aromatic nitrogens is 1. The van der Waals surface area contributed by atoms with Crippen molar-refractivity contribution in [3.05, 3.63) is 17.0 Å². The molecule has 2 rings (SSSR count). The minimum atomic E-state index is -0.880. The summed E-state index contributed by atoms with van der Waals surface area (Å²) in [5.41, 5.74) is 1.61. The number of aliphatic carboxylic acids is 1. The molecular weight excluding hydrogens is 248 g/mol. The molecule has 1 aromatic heterocycles. The topological polar surface area (TPSA) is 92.4 Å². The van der Waals surface area contributed by atoms with Crippen LogP contribution in [-0.4, -0.2) is 22.1 Å². The number of hydrogen-bond acceptors (Lipinski definition) is 4. The molecule has 0 radical (unpaired) electrons. The number of hydrogen-bond donors (Lipinski definition) is 2. The molecule has 0 aliphatic heterocycles. The lowest BCUT2D eigenvalue weighted by Gasteiger charge is -2.15. The zero-order valence-electron chi connectivity index (χ0n) is 11.1. The molecule has 2 atom stereocenters. The van der Waals surface area contributed by atoms with E-state index in [0.29, 0.717) is 25.1 Å². The van der Waals surface area contributed by atoms with Crippen molar-refractivity contribution in [3.8, 4) is 0 Å². The largest absolute Gasteiger partial charge is 0.481 e. The predicted octanol–water partition coefficient (Wildman–Crippen LogP) is 1.41. The number of nitrogens with zero attached hydrogens (tertiary/aromatic N) is 1. The van der Waals surface area contributed by atoms with E-state index < -0.39 is 17.8 Å². The Hall–Kier alpha value is -1.85. The average Bonchev–Trinajstić information content (AvgIpc) is 2.95. The van der Waals surface area contributed by atoms with E-state index in [9.17, 15) is 9.59 Å². The standard InChI is InChI=1S/C13H18N2O4/c1-7-11(8(2)19-15-7)6-14-12(16)9-4-3-5-10(9)13(17)18/h9-10H,3-6H2,1-2H3,(H,14,16)(H,17,18). The van der Waals surface area contributed by atoms with Gasteiger partial charge in [-0.15, -0.1) is 0 Å². The van der Waals surface area contributed by atoms with E-state index in [1.165, 1.54) is 0 Å². The Balaban J connectivity index is 1.96. The molecule has 2 unspecified atom stereocenters. The van der Waals surface area contributed by atoms with Gasteiger partial charge in [0.1, 0.15) is 5.76 Å². The Labute approximate surface area is 111 Å². The Morgan fingerprint density at radius 1 is 1.37 bits per heavy atom. The fourth-order valence-corrected chi connectivity index (χ4v) is 2.63. The number of nitrogens with one attached hydrogen (secondary N) is 1. The van der Waals surface area contributed by atoms with E-state index in [0.717, 1.165) is 17.7 Å². The molecule has 1 heterocycles. The Morgan fingerprint density at radius 2 is 2.05 bits per heavy atom. The first-order chi connectivity index (χ1) is 9.00. The highest BCUT2D eigenvalue weighted by atomic mass is 16.5. The highest BCUT2D eigenvalue weighted by Gasteiger charge is 2.37. The summed E-state index contributed by atoms with van der Waals surface area (Å²) >= 11 is 0. The van der Waals surface area contributed by atoms with Gasteiger partial charge in [0, 0.05) is 12.1 Å². The van der Waals surface area contributed by atoms with Crippen molar-refractivity contribution in [3.63, 3.8) is 0 Å². The summed E-state index contributed by atoms with van der Waals surface area (Å²) in [6.45, 7) is 3.94. The van der Waals surface area contributed by atoms with Gasteiger partial charge in [-0.1, -0.05) is 11.6 Å². The third-order valence-electron chi connectivity index (χ3n) is 3.79. The van der Waals surface area contributed by atoms with Gasteiger partial charge in [-0.05, 0) is 26.7 Å². The number of amides is 1. The Bertz CT molecular complexity index is 475. The van der Waals surface area contributed by atoms with Crippen LogP contribution in [0.2, 0.25) is 0 Å². The molecule has 1 aliphatic rings. The zero-order valence-corrected chi connectivity index (χ0v) is 11.1. The van der Waals surface area contributed by atoms with Crippen LogP contribution in [0.25, 0.3) is 0 Å². The number of carbonyl (C=O) groups is 2. The van der Waals surface area contributed by atoms with Gasteiger partial charge in [0.25, 0.3) is 0 Å². The van der Waals surface area contributed by atoms with Crippen molar-refractivity contribution in [2.75, 3.05) is 0 Å². The minimum Gasteiger partial charge on any atom is -0.481 e. The molecule has 0 spiro atoms. The van der Waals surface area contributed by atoms with Crippen molar-refractivity contribution in [2.45, 2.75) is 39.7 Å². The highest BCUT2D eigenvalue weighted by Crippen LogP contribution is 2.32. The molecule has 1 aromatic rings. The third kappa shape index (κ3) is 2.77. The summed E-state index contributed by atoms with van der Waals surface area (Å²) < 4.78 is 5.02. The van der Waals surface area contributed by atoms with Crippen LogP contribution in [-0.2, 0) is 16.1 Å². The lowest BCUT2D eigenvalue weighted by atomic mass is 9.95. The molecular formula is C13H18N2O4. The van der Waals surface area contributed by atoms with Gasteiger partial charge >= 0.3 is 5.97 Å². The second-order valence-electron chi connectivity index (χ2n) is 5.00. The van der Waals surface area contributed by atoms with Crippen LogP contribution in [0, 0.1) is 25.7 Å². The first-order valence-electron chi connectivity index (χ1n) is 6.43. The molecule has 1 amide bonds. The van der Waals surface area contributed by atoms with Gasteiger partial charge in [0.15, 0.2) is 0 Å². The fraction of sp³-hybridized carbons (Fsp3) is 0.615. The lowest BCUT2D eigenvalue weighted by Crippen LogP contribution is -2.35. The normalized spacial score (nSPS) is 22.4. The maximum Gasteiger partial charge on any atom is 0.307 e. The maximum atomic E-state index is 12.1. The number of rotatable bonds is 4. The van der Waals surface area contributed by atoms with E-state index in [4.69, 9.17) is 9.63 Å². The minimum absolute atomic E-state index is 0.190. The molecule has 6 heteroatoms. The lowest BCUT2D eigenvalue weighted by molar-refractivity contribution is -0.146. The fourth-order valence-electron chi connectivity index (χ4n) is 2.63. The summed E-state index contributed by atoms with van der Waals surface area (Å²) in [5, 5.41) is 15.7. The van der Waals surface area contributed by atoms with Crippen LogP contribution in [0.15, 0.2) is 4.52 Å². The van der Waals surface area contributed by atoms with Gasteiger partial charge in [-0.25, -0.2) is 0 Å². The summed E-state index contributed by atoms with van der Waals surface area (Å²) in [7, 11) is 0. The summed E-state index contributed by atoms with van der Waals surface area (Å²) in [6.07, 6.45) is 2.02. The molecule has 0 saturated heterocycles. The molecule has 0 aromatic carbocycles. The van der Waals surface area contributed by atoms with E-state index in [2.05, 4.69) is 10.5 Å². The number of aryl methyl sites for hydroxylation is 2. The van der Waals surface area contributed by atoms with E-state index in [1.54, 1.807) is 6.92 Å². The smallest absolute Gasteiger partial charge is 0.307 e. The number of carboxylic acids is 1. The van der Waals surface area contributed by atoms with Crippen molar-refractivity contribution in [2.24, 2.45) is 11.8 Å². The van der Waals surface area contributed by atoms with E-state index in [1.807, 2.05) is 6.92 Å². The Morgan fingerprint density at radius 3 is 2.63 bits per heavy atom. The van der Waals surface area contributed by atoms with Gasteiger partial charge in [-0.2, -0.15) is 0 Å². The SMILES string of the molecule is Cc1noc(C)c1CNC(=O)C1CCCC1C(=O)O. The first-order valence-corrected chi connectivity index (χ1v) is 6.43. The molecule has 104 valence electrons. The van der Waals surface area contributed by atoms with Crippen LogP contribution >= 0.6 is 0 Å². The summed E-state index contributed by atoms with van der Waals surface area (Å²) in [5.74, 6) is -1.36. The van der Waals surface area contributed by atoms with Gasteiger partial charge < -0.3 is 14.9 Å². The van der Waals surface area contributed by atoms with Crippen molar-refractivity contribution >= 4 is 11.9 Å². The van der Waals surface area contributed by atoms with Crippen LogP contribution in [0.5, 0.6) is 0 Å². The molecule has 1 saturated carbocycles. The average molecular weight is 266 g/mol. The number of carboxylic acid groups (broad SMARTS) is 1. The highest BCUT2D eigenvalue weighted by molar-refractivity contribution is 5.85. The van der Waals surface area contributed by atoms with Gasteiger partial charge in [0.2, 0.25) is 5.91 Å². The second kappa shape index (κ2) is 5.42. The molecule has 6 nitrogen and oxygen atoms in total. The van der Waals surface area contributed by atoms with E-state index in [-0.39, 0.29) is 5.91 Å². The second-order valence-corrected chi connectivity index (χ2v) is 5.00. The van der Waals surface area contributed by atoms with Crippen LogP contribution in [0.1, 0.15) is 36.3 Å². The van der Waals surface area contributed by atoms with E-state index >= 15 is 0 Å². The Kier molecular flexibility index (Phi) is 3.87. The molecule has 1 aliphatic carbocycles. The van der Waals surface area contributed by atoms with Gasteiger partial charge in [0.05, 0.1) is 17.5 Å². The zero-order chi connectivity index (χ0) is 14.0. The monoisotopic (exact) mass is 266 g/mol. The maximum absolute atomic E-state index is 12.1. The van der Waals surface area contributed by atoms with Crippen molar-refractivity contribution in [1.82, 2.24) is 10.5 Å². The molecule has 19 heavy (non-hydrogen) atoms. The summed E-state index contributed by atoms with van der Waals surface area (Å²) in [6, 6.07) is 0. The molecule has 1 fully saturated rings. The summed E-state index contributed by atoms with van der Waals surface area (Å²) in [4.78, 5) is 23.1. The van der Waals surface area contributed by atoms with Crippen LogP contribution < -0.4 is 5.32 Å². The molecule has 2 N–H and O–H groups in total. The van der Waals surface area contributed by atoms with Crippen LogP contribution in [0.3, 0.4) is 0 Å². The first kappa shape index (κ1) is 13.6. The van der Waals surface area contributed by atoms with Gasteiger partial charge in [-0.3, -0.25) is 9.59 Å². The van der Waals surface area contributed by atoms with Crippen molar-refractivity contribution < 1.29 is 19.2 Å². The third-order valence-corrected chi connectivity index (χ3v) is 3.79. The van der Waals surface area contributed by atoms with Crippen molar-refractivity contribution in [1.29, 1.82) is 0 Å². The molecule has 0 bridgehead atoms. The number of carbonyl (C=O) groups excluding carboxylic acids is 1. The van der Waals surface area contributed by atoms with Crippen LogP contribution in [0.4, 0.5) is 0 Å². The predicted molar refractivity (Wildman–Crippen MR) is 66.3 cm³/mol.